The zero-order valence-corrected chi connectivity index (χ0v) is 18.2. The van der Waals surface area contributed by atoms with Crippen molar-refractivity contribution in [1.82, 2.24) is 25.4 Å². The third-order valence-electron chi connectivity index (χ3n) is 4.75. The number of ether oxygens (including phenoxy) is 3. The third kappa shape index (κ3) is 6.09. The number of aromatic nitrogens is 3. The van der Waals surface area contributed by atoms with Crippen molar-refractivity contribution in [2.75, 3.05) is 27.3 Å². The highest BCUT2D eigenvalue weighted by atomic mass is 16.5. The van der Waals surface area contributed by atoms with Crippen molar-refractivity contribution in [3.05, 3.63) is 35.9 Å². The maximum Gasteiger partial charge on any atom is 0.191 e. The molecule has 2 aromatic rings. The van der Waals surface area contributed by atoms with Gasteiger partial charge in [0.2, 0.25) is 0 Å². The Hall–Kier alpha value is -2.81. The van der Waals surface area contributed by atoms with E-state index in [-0.39, 0.29) is 12.1 Å². The first-order chi connectivity index (χ1) is 14.6. The molecule has 1 aliphatic heterocycles. The molecule has 1 aromatic carbocycles. The number of nitrogens with zero attached hydrogens (tertiary/aromatic N) is 4. The van der Waals surface area contributed by atoms with Crippen LogP contribution in [0, 0.1) is 0 Å². The van der Waals surface area contributed by atoms with E-state index in [0.29, 0.717) is 13.2 Å². The number of rotatable bonds is 9. The lowest BCUT2D eigenvalue weighted by molar-refractivity contribution is 0.177. The first kappa shape index (κ1) is 21.9. The van der Waals surface area contributed by atoms with Crippen molar-refractivity contribution >= 4 is 5.96 Å². The number of nitrogens with one attached hydrogen (secondary N) is 2. The van der Waals surface area contributed by atoms with Gasteiger partial charge in [0.1, 0.15) is 30.0 Å². The van der Waals surface area contributed by atoms with Gasteiger partial charge in [-0.2, -0.15) is 5.10 Å². The van der Waals surface area contributed by atoms with E-state index in [1.807, 2.05) is 35.9 Å². The highest BCUT2D eigenvalue weighted by Crippen LogP contribution is 2.20. The highest BCUT2D eigenvalue weighted by molar-refractivity contribution is 5.80. The van der Waals surface area contributed by atoms with Crippen molar-refractivity contribution in [1.29, 1.82) is 0 Å². The molecule has 0 amide bonds. The molecule has 30 heavy (non-hydrogen) atoms. The van der Waals surface area contributed by atoms with Crippen LogP contribution in [0.4, 0.5) is 0 Å². The molecule has 1 aliphatic rings. The molecule has 0 bridgehead atoms. The fraction of sp³-hybridized carbons (Fsp3) is 0.571. The van der Waals surface area contributed by atoms with Crippen LogP contribution in [0.1, 0.15) is 31.9 Å². The lowest BCUT2D eigenvalue weighted by Crippen LogP contribution is -2.47. The predicted molar refractivity (Wildman–Crippen MR) is 115 cm³/mol. The van der Waals surface area contributed by atoms with E-state index >= 15 is 0 Å². The summed E-state index contributed by atoms with van der Waals surface area (Å²) in [4.78, 5) is 9.24. The van der Waals surface area contributed by atoms with Crippen LogP contribution in [-0.2, 0) is 24.3 Å². The van der Waals surface area contributed by atoms with Gasteiger partial charge in [-0.3, -0.25) is 0 Å². The lowest BCUT2D eigenvalue weighted by atomic mass is 10.1. The molecule has 0 spiro atoms. The first-order valence-corrected chi connectivity index (χ1v) is 10.4. The Labute approximate surface area is 177 Å². The minimum absolute atomic E-state index is 0.0718. The summed E-state index contributed by atoms with van der Waals surface area (Å²) >= 11 is 0. The Morgan fingerprint density at radius 1 is 1.33 bits per heavy atom. The maximum absolute atomic E-state index is 5.97. The smallest absolute Gasteiger partial charge is 0.191 e. The molecule has 0 aliphatic carbocycles. The Morgan fingerprint density at radius 2 is 2.17 bits per heavy atom. The molecule has 2 atom stereocenters. The average Bonchev–Trinajstić information content (AvgIpc) is 3.14. The van der Waals surface area contributed by atoms with Crippen LogP contribution in [0.2, 0.25) is 0 Å². The first-order valence-electron chi connectivity index (χ1n) is 10.4. The van der Waals surface area contributed by atoms with Gasteiger partial charge in [0.05, 0.1) is 20.2 Å². The lowest BCUT2D eigenvalue weighted by Gasteiger charge is -2.25. The van der Waals surface area contributed by atoms with E-state index in [2.05, 4.69) is 27.6 Å². The van der Waals surface area contributed by atoms with Crippen LogP contribution >= 0.6 is 0 Å². The maximum atomic E-state index is 5.97. The molecule has 0 fully saturated rings. The number of benzene rings is 1. The average molecular weight is 417 g/mol. The van der Waals surface area contributed by atoms with E-state index in [1.165, 1.54) is 0 Å². The minimum Gasteiger partial charge on any atom is -0.497 e. The van der Waals surface area contributed by atoms with Gasteiger partial charge in [-0.15, -0.1) is 0 Å². The SMILES string of the molecule is CCNC(=NCC(C)Oc1cccc(OC)c1)NC1CCc2nc(COC)nn2C1. The molecule has 2 heterocycles. The summed E-state index contributed by atoms with van der Waals surface area (Å²) in [5.41, 5.74) is 0. The standard InChI is InChI=1S/C21H32N6O3/c1-5-22-21(23-12-15(2)30-18-8-6-7-17(11-18)29-4)24-16-9-10-20-25-19(14-28-3)26-27(20)13-16/h6-8,11,15-16H,5,9-10,12-14H2,1-4H3,(H2,22,23,24). The molecular weight excluding hydrogens is 384 g/mol. The largest absolute Gasteiger partial charge is 0.497 e. The second kappa shape index (κ2) is 10.8. The van der Waals surface area contributed by atoms with Crippen LogP contribution in [0.15, 0.2) is 29.3 Å². The zero-order valence-electron chi connectivity index (χ0n) is 18.2. The zero-order chi connectivity index (χ0) is 21.3. The second-order valence-electron chi connectivity index (χ2n) is 7.27. The second-order valence-corrected chi connectivity index (χ2v) is 7.27. The Balaban J connectivity index is 1.56. The number of aliphatic imine (C=N–C) groups is 1. The predicted octanol–water partition coefficient (Wildman–Crippen LogP) is 1.77. The Kier molecular flexibility index (Phi) is 7.89. The van der Waals surface area contributed by atoms with Gasteiger partial charge in [-0.25, -0.2) is 14.7 Å². The van der Waals surface area contributed by atoms with E-state index in [9.17, 15) is 0 Å². The van der Waals surface area contributed by atoms with E-state index < -0.39 is 0 Å². The van der Waals surface area contributed by atoms with Crippen LogP contribution in [0.25, 0.3) is 0 Å². The summed E-state index contributed by atoms with van der Waals surface area (Å²) in [6.07, 6.45) is 1.78. The fourth-order valence-corrected chi connectivity index (χ4v) is 3.35. The topological polar surface area (TPSA) is 94.8 Å². The molecule has 0 saturated heterocycles. The normalized spacial score (nSPS) is 17.2. The highest BCUT2D eigenvalue weighted by Gasteiger charge is 2.22. The van der Waals surface area contributed by atoms with Gasteiger partial charge < -0.3 is 24.8 Å². The summed E-state index contributed by atoms with van der Waals surface area (Å²) in [5.74, 6) is 4.08. The van der Waals surface area contributed by atoms with E-state index in [4.69, 9.17) is 19.2 Å². The molecule has 2 unspecified atom stereocenters. The van der Waals surface area contributed by atoms with Gasteiger partial charge in [0, 0.05) is 32.2 Å². The van der Waals surface area contributed by atoms with Crippen LogP contribution in [-0.4, -0.2) is 60.2 Å². The molecule has 0 radical (unpaired) electrons. The van der Waals surface area contributed by atoms with Crippen molar-refractivity contribution in [2.24, 2.45) is 4.99 Å². The van der Waals surface area contributed by atoms with Crippen molar-refractivity contribution < 1.29 is 14.2 Å². The minimum atomic E-state index is -0.0718. The van der Waals surface area contributed by atoms with Crippen LogP contribution in [0.3, 0.4) is 0 Å². The molecule has 3 rings (SSSR count). The number of aryl methyl sites for hydroxylation is 1. The number of fused-ring (bicyclic) bond motifs is 1. The summed E-state index contributed by atoms with van der Waals surface area (Å²) in [6, 6.07) is 7.84. The fourth-order valence-electron chi connectivity index (χ4n) is 3.35. The molecular formula is C21H32N6O3. The van der Waals surface area contributed by atoms with Crippen LogP contribution in [0.5, 0.6) is 11.5 Å². The summed E-state index contributed by atoms with van der Waals surface area (Å²) in [7, 11) is 3.30. The van der Waals surface area contributed by atoms with Gasteiger partial charge in [-0.1, -0.05) is 6.07 Å². The molecule has 1 aromatic heterocycles. The van der Waals surface area contributed by atoms with Crippen LogP contribution < -0.4 is 20.1 Å². The summed E-state index contributed by atoms with van der Waals surface area (Å²) < 4.78 is 18.3. The van der Waals surface area contributed by atoms with Gasteiger partial charge in [-0.05, 0) is 32.4 Å². The molecule has 9 heteroatoms. The molecule has 164 valence electrons. The number of methoxy groups -OCH3 is 2. The summed E-state index contributed by atoms with van der Waals surface area (Å²) in [6.45, 7) is 6.58. The number of hydrogen-bond donors (Lipinski definition) is 2. The quantitative estimate of drug-likeness (QED) is 0.475. The van der Waals surface area contributed by atoms with Crippen molar-refractivity contribution in [3.63, 3.8) is 0 Å². The Bertz CT molecular complexity index is 838. The number of guanidine groups is 1. The van der Waals surface area contributed by atoms with E-state index in [0.717, 1.165) is 55.0 Å². The molecule has 2 N–H and O–H groups in total. The van der Waals surface area contributed by atoms with Gasteiger partial charge in [0.15, 0.2) is 11.8 Å². The number of hydrogen-bond acceptors (Lipinski definition) is 6. The van der Waals surface area contributed by atoms with Crippen molar-refractivity contribution in [2.45, 2.75) is 52.0 Å². The van der Waals surface area contributed by atoms with E-state index in [1.54, 1.807) is 14.2 Å². The molecule has 0 saturated carbocycles. The van der Waals surface area contributed by atoms with Gasteiger partial charge in [0.25, 0.3) is 0 Å². The van der Waals surface area contributed by atoms with Gasteiger partial charge >= 0.3 is 0 Å². The van der Waals surface area contributed by atoms with Crippen molar-refractivity contribution in [3.8, 4) is 11.5 Å². The monoisotopic (exact) mass is 416 g/mol. The Morgan fingerprint density at radius 3 is 2.93 bits per heavy atom. The summed E-state index contributed by atoms with van der Waals surface area (Å²) in [5, 5.41) is 11.4. The third-order valence-corrected chi connectivity index (χ3v) is 4.75. The molecule has 9 nitrogen and oxygen atoms in total.